The summed E-state index contributed by atoms with van der Waals surface area (Å²) in [7, 11) is 0. The number of aromatic nitrogens is 3. The van der Waals surface area contributed by atoms with E-state index < -0.39 is 0 Å². The standard InChI is InChI=1S/C25H30N6S2/c1-25(2)15-31(10-4-12-32)21-13-17(6-7-19(21)25)29-23-18-8-11-30(14-20(18)27-16-28-23)24-22(33)5-3-9-26-24/h3,5-7,9,13,16,32-33H,4,8,10-12,14-15H2,1-2H3,(H,27,28,29). The molecule has 0 bridgehead atoms. The van der Waals surface area contributed by atoms with Crippen LogP contribution in [0.2, 0.25) is 0 Å². The van der Waals surface area contributed by atoms with Gasteiger partial charge in [0.1, 0.15) is 18.0 Å². The highest BCUT2D eigenvalue weighted by Gasteiger charge is 2.34. The Morgan fingerprint density at radius 3 is 2.85 bits per heavy atom. The van der Waals surface area contributed by atoms with Gasteiger partial charge < -0.3 is 15.1 Å². The van der Waals surface area contributed by atoms with Crippen molar-refractivity contribution >= 4 is 48.3 Å². The fraction of sp³-hybridized carbons (Fsp3) is 0.400. The third-order valence-electron chi connectivity index (χ3n) is 6.58. The van der Waals surface area contributed by atoms with E-state index in [2.05, 4.69) is 87.4 Å². The number of thiol groups is 2. The molecule has 0 radical (unpaired) electrons. The van der Waals surface area contributed by atoms with E-state index in [1.165, 1.54) is 16.8 Å². The van der Waals surface area contributed by atoms with E-state index in [-0.39, 0.29) is 5.41 Å². The number of hydrogen-bond acceptors (Lipinski definition) is 8. The number of hydrogen-bond donors (Lipinski definition) is 3. The van der Waals surface area contributed by atoms with Gasteiger partial charge in [0.25, 0.3) is 0 Å². The molecular weight excluding hydrogens is 448 g/mol. The molecule has 5 rings (SSSR count). The molecule has 0 atom stereocenters. The summed E-state index contributed by atoms with van der Waals surface area (Å²) in [5.41, 5.74) is 6.16. The molecule has 0 fully saturated rings. The Hall–Kier alpha value is -2.45. The number of anilines is 4. The fourth-order valence-corrected chi connectivity index (χ4v) is 5.39. The largest absolute Gasteiger partial charge is 0.370 e. The molecule has 6 nitrogen and oxygen atoms in total. The monoisotopic (exact) mass is 478 g/mol. The van der Waals surface area contributed by atoms with Crippen molar-refractivity contribution in [3.05, 3.63) is 59.7 Å². The van der Waals surface area contributed by atoms with Gasteiger partial charge in [-0.15, -0.1) is 12.6 Å². The van der Waals surface area contributed by atoms with Crippen LogP contribution in [0.3, 0.4) is 0 Å². The summed E-state index contributed by atoms with van der Waals surface area (Å²) in [6.45, 7) is 8.28. The Bertz CT molecular complexity index is 1170. The molecule has 2 aliphatic rings. The first kappa shape index (κ1) is 22.3. The molecule has 0 aliphatic carbocycles. The van der Waals surface area contributed by atoms with Gasteiger partial charge in [-0.3, -0.25) is 0 Å². The minimum atomic E-state index is 0.152. The molecule has 33 heavy (non-hydrogen) atoms. The SMILES string of the molecule is CC1(C)CN(CCCS)c2cc(Nc3ncnc4c3CCN(c3ncccc3S)C4)ccc21. The van der Waals surface area contributed by atoms with Crippen molar-refractivity contribution in [1.29, 1.82) is 0 Å². The number of nitrogens with zero attached hydrogens (tertiary/aromatic N) is 5. The van der Waals surface area contributed by atoms with E-state index >= 15 is 0 Å². The second-order valence-corrected chi connectivity index (χ2v) is 10.3. The number of fused-ring (bicyclic) bond motifs is 2. The first-order valence-corrected chi connectivity index (χ1v) is 12.5. The highest BCUT2D eigenvalue weighted by molar-refractivity contribution is 7.80. The van der Waals surface area contributed by atoms with Gasteiger partial charge in [-0.05, 0) is 48.4 Å². The molecule has 1 aromatic carbocycles. The smallest absolute Gasteiger partial charge is 0.142 e. The molecule has 3 aromatic rings. The Morgan fingerprint density at radius 1 is 1.15 bits per heavy atom. The minimum absolute atomic E-state index is 0.152. The molecular formula is C25H30N6S2. The van der Waals surface area contributed by atoms with Crippen molar-refractivity contribution in [3.8, 4) is 0 Å². The lowest BCUT2D eigenvalue weighted by Gasteiger charge is -2.30. The second-order valence-electron chi connectivity index (χ2n) is 9.40. The van der Waals surface area contributed by atoms with Gasteiger partial charge in [-0.2, -0.15) is 12.6 Å². The third-order valence-corrected chi connectivity index (χ3v) is 7.24. The summed E-state index contributed by atoms with van der Waals surface area (Å²) in [6.07, 6.45) is 5.40. The van der Waals surface area contributed by atoms with Crippen molar-refractivity contribution < 1.29 is 0 Å². The predicted molar refractivity (Wildman–Crippen MR) is 142 cm³/mol. The van der Waals surface area contributed by atoms with Crippen LogP contribution in [-0.2, 0) is 18.4 Å². The van der Waals surface area contributed by atoms with Crippen molar-refractivity contribution in [2.45, 2.75) is 43.5 Å². The molecule has 0 saturated heterocycles. The zero-order valence-corrected chi connectivity index (χ0v) is 20.9. The fourth-order valence-electron chi connectivity index (χ4n) is 4.96. The number of rotatable bonds is 6. The molecule has 172 valence electrons. The van der Waals surface area contributed by atoms with Crippen LogP contribution in [0.1, 0.15) is 37.1 Å². The summed E-state index contributed by atoms with van der Waals surface area (Å²) in [6, 6.07) is 10.6. The molecule has 1 N–H and O–H groups in total. The molecule has 0 saturated carbocycles. The van der Waals surface area contributed by atoms with Crippen LogP contribution in [0.4, 0.5) is 23.0 Å². The van der Waals surface area contributed by atoms with Gasteiger partial charge in [0.2, 0.25) is 0 Å². The average molecular weight is 479 g/mol. The maximum Gasteiger partial charge on any atom is 0.142 e. The Labute approximate surface area is 206 Å². The normalized spacial score (nSPS) is 16.5. The van der Waals surface area contributed by atoms with Crippen LogP contribution in [0.15, 0.2) is 47.8 Å². The zero-order valence-electron chi connectivity index (χ0n) is 19.1. The first-order chi connectivity index (χ1) is 16.0. The Kier molecular flexibility index (Phi) is 6.14. The van der Waals surface area contributed by atoms with Crippen LogP contribution in [-0.4, -0.2) is 40.3 Å². The summed E-state index contributed by atoms with van der Waals surface area (Å²) >= 11 is 8.99. The zero-order chi connectivity index (χ0) is 23.0. The average Bonchev–Trinajstić information content (AvgIpc) is 3.07. The number of benzene rings is 1. The lowest BCUT2D eigenvalue weighted by atomic mass is 9.87. The van der Waals surface area contributed by atoms with Crippen LogP contribution >= 0.6 is 25.3 Å². The van der Waals surface area contributed by atoms with Gasteiger partial charge in [0.15, 0.2) is 0 Å². The van der Waals surface area contributed by atoms with Gasteiger partial charge in [0.05, 0.1) is 12.2 Å². The van der Waals surface area contributed by atoms with Crippen molar-refractivity contribution in [3.63, 3.8) is 0 Å². The lowest BCUT2D eigenvalue weighted by Crippen LogP contribution is -2.32. The van der Waals surface area contributed by atoms with Gasteiger partial charge in [0, 0.05) is 53.1 Å². The van der Waals surface area contributed by atoms with Crippen LogP contribution in [0.5, 0.6) is 0 Å². The summed E-state index contributed by atoms with van der Waals surface area (Å²) in [4.78, 5) is 19.3. The Morgan fingerprint density at radius 2 is 2.03 bits per heavy atom. The van der Waals surface area contributed by atoms with E-state index in [1.54, 1.807) is 6.33 Å². The van der Waals surface area contributed by atoms with Gasteiger partial charge >= 0.3 is 0 Å². The topological polar surface area (TPSA) is 57.2 Å². The van der Waals surface area contributed by atoms with E-state index in [0.717, 1.165) is 66.1 Å². The molecule has 0 amide bonds. The van der Waals surface area contributed by atoms with E-state index in [4.69, 9.17) is 0 Å². The van der Waals surface area contributed by atoms with Crippen molar-refractivity contribution in [2.24, 2.45) is 0 Å². The highest BCUT2D eigenvalue weighted by Crippen LogP contribution is 2.42. The third kappa shape index (κ3) is 4.38. The van der Waals surface area contributed by atoms with Gasteiger partial charge in [-0.1, -0.05) is 19.9 Å². The van der Waals surface area contributed by atoms with Crippen molar-refractivity contribution in [1.82, 2.24) is 15.0 Å². The van der Waals surface area contributed by atoms with Gasteiger partial charge in [-0.25, -0.2) is 15.0 Å². The summed E-state index contributed by atoms with van der Waals surface area (Å²) in [5.74, 6) is 2.70. The molecule has 0 spiro atoms. The second kappa shape index (κ2) is 9.06. The summed E-state index contributed by atoms with van der Waals surface area (Å²) < 4.78 is 0. The molecule has 0 unspecified atom stereocenters. The molecule has 4 heterocycles. The first-order valence-electron chi connectivity index (χ1n) is 11.5. The molecule has 8 heteroatoms. The van der Waals surface area contributed by atoms with Crippen LogP contribution in [0.25, 0.3) is 0 Å². The lowest BCUT2D eigenvalue weighted by molar-refractivity contribution is 0.550. The highest BCUT2D eigenvalue weighted by atomic mass is 32.1. The summed E-state index contributed by atoms with van der Waals surface area (Å²) in [5, 5.41) is 3.59. The maximum atomic E-state index is 4.60. The van der Waals surface area contributed by atoms with Crippen LogP contribution < -0.4 is 15.1 Å². The van der Waals surface area contributed by atoms with E-state index in [1.807, 2.05) is 18.3 Å². The van der Waals surface area contributed by atoms with E-state index in [0.29, 0.717) is 6.54 Å². The van der Waals surface area contributed by atoms with E-state index in [9.17, 15) is 0 Å². The number of pyridine rings is 1. The molecule has 2 aromatic heterocycles. The Balaban J connectivity index is 1.40. The predicted octanol–water partition coefficient (Wildman–Crippen LogP) is 4.88. The van der Waals surface area contributed by atoms with Crippen molar-refractivity contribution in [2.75, 3.05) is 40.5 Å². The quantitative estimate of drug-likeness (QED) is 0.439. The minimum Gasteiger partial charge on any atom is -0.370 e. The number of nitrogens with one attached hydrogen (secondary N) is 1. The van der Waals surface area contributed by atoms with Crippen LogP contribution in [0, 0.1) is 0 Å². The molecule has 2 aliphatic heterocycles. The maximum absolute atomic E-state index is 4.60.